The van der Waals surface area contributed by atoms with E-state index in [4.69, 9.17) is 10.00 Å². The molecule has 0 unspecified atom stereocenters. The van der Waals surface area contributed by atoms with Crippen molar-refractivity contribution in [1.29, 1.82) is 5.26 Å². The molecular weight excluding hydrogens is 206 g/mol. The van der Waals surface area contributed by atoms with Crippen LogP contribution in [-0.4, -0.2) is 24.0 Å². The number of hydrogen-bond acceptors (Lipinski definition) is 4. The van der Waals surface area contributed by atoms with Crippen molar-refractivity contribution < 1.29 is 9.53 Å². The minimum atomic E-state index is -0.269. The van der Waals surface area contributed by atoms with Gasteiger partial charge in [-0.2, -0.15) is 5.26 Å². The Morgan fingerprint density at radius 3 is 3.00 bits per heavy atom. The number of carbonyl (C=O) groups excluding carboxylic acids is 1. The van der Waals surface area contributed by atoms with E-state index < -0.39 is 0 Å². The highest BCUT2D eigenvalue weighted by Crippen LogP contribution is 2.28. The van der Waals surface area contributed by atoms with Crippen molar-refractivity contribution in [3.8, 4) is 11.8 Å². The van der Waals surface area contributed by atoms with Crippen molar-refractivity contribution in [1.82, 2.24) is 10.3 Å². The first kappa shape index (κ1) is 10.4. The molecule has 5 nitrogen and oxygen atoms in total. The zero-order valence-corrected chi connectivity index (χ0v) is 8.86. The number of nitrogens with one attached hydrogen (secondary N) is 1. The maximum absolute atomic E-state index is 11.6. The van der Waals surface area contributed by atoms with Gasteiger partial charge in [-0.3, -0.25) is 4.79 Å². The number of amides is 1. The summed E-state index contributed by atoms with van der Waals surface area (Å²) in [4.78, 5) is 15.5. The molecule has 1 amide bonds. The van der Waals surface area contributed by atoms with Crippen LogP contribution >= 0.6 is 0 Å². The zero-order chi connectivity index (χ0) is 11.5. The highest BCUT2D eigenvalue weighted by Gasteiger charge is 2.26. The second-order valence-electron chi connectivity index (χ2n) is 3.57. The van der Waals surface area contributed by atoms with Crippen LogP contribution in [0.15, 0.2) is 12.3 Å². The Hall–Kier alpha value is -2.09. The molecule has 1 N–H and O–H groups in total. The summed E-state index contributed by atoms with van der Waals surface area (Å²) in [5, 5.41) is 11.2. The van der Waals surface area contributed by atoms with E-state index >= 15 is 0 Å². The largest absolute Gasteiger partial charge is 0.488 e. The first-order valence-electron chi connectivity index (χ1n) is 5.03. The van der Waals surface area contributed by atoms with Crippen LogP contribution in [0.4, 0.5) is 0 Å². The van der Waals surface area contributed by atoms with Crippen molar-refractivity contribution in [3.63, 3.8) is 0 Å². The van der Waals surface area contributed by atoms with Gasteiger partial charge < -0.3 is 10.1 Å². The van der Waals surface area contributed by atoms with Crippen molar-refractivity contribution in [2.24, 2.45) is 0 Å². The average Bonchev–Trinajstić information content (AvgIpc) is 3.12. The normalized spacial score (nSPS) is 14.0. The van der Waals surface area contributed by atoms with Crippen LogP contribution in [0.5, 0.6) is 5.75 Å². The minimum absolute atomic E-state index is 0.193. The van der Waals surface area contributed by atoms with E-state index in [1.807, 2.05) is 6.07 Å². The Kier molecular flexibility index (Phi) is 2.73. The van der Waals surface area contributed by atoms with Gasteiger partial charge in [-0.15, -0.1) is 0 Å². The van der Waals surface area contributed by atoms with E-state index in [2.05, 4.69) is 10.3 Å². The second kappa shape index (κ2) is 4.19. The molecule has 82 valence electrons. The molecule has 0 aliphatic heterocycles. The quantitative estimate of drug-likeness (QED) is 0.814. The van der Waals surface area contributed by atoms with Gasteiger partial charge in [0.15, 0.2) is 5.75 Å². The molecule has 0 saturated heterocycles. The summed E-state index contributed by atoms with van der Waals surface area (Å²) < 4.78 is 5.55. The first-order valence-corrected chi connectivity index (χ1v) is 5.03. The molecule has 16 heavy (non-hydrogen) atoms. The van der Waals surface area contributed by atoms with Crippen LogP contribution < -0.4 is 10.1 Å². The topological polar surface area (TPSA) is 75.0 Å². The van der Waals surface area contributed by atoms with Crippen molar-refractivity contribution in [2.45, 2.75) is 18.9 Å². The molecule has 1 aromatic heterocycles. The monoisotopic (exact) mass is 217 g/mol. The van der Waals surface area contributed by atoms with Crippen LogP contribution in [0.25, 0.3) is 0 Å². The van der Waals surface area contributed by atoms with E-state index in [0.29, 0.717) is 11.3 Å². The summed E-state index contributed by atoms with van der Waals surface area (Å²) in [6.45, 7) is 0. The summed E-state index contributed by atoms with van der Waals surface area (Å²) in [6, 6.07) is 3.34. The van der Waals surface area contributed by atoms with Gasteiger partial charge in [-0.1, -0.05) is 0 Å². The number of aromatic nitrogens is 1. The smallest absolute Gasteiger partial charge is 0.254 e. The number of carbonyl (C=O) groups is 1. The number of rotatable bonds is 3. The SMILES string of the molecule is CNC(=O)c1cc(C#N)ncc1OC1CC1. The molecule has 2 rings (SSSR count). The number of hydrogen-bond donors (Lipinski definition) is 1. The fraction of sp³-hybridized carbons (Fsp3) is 0.364. The molecule has 1 saturated carbocycles. The summed E-state index contributed by atoms with van der Waals surface area (Å²) in [5.74, 6) is 0.176. The number of pyridine rings is 1. The summed E-state index contributed by atoms with van der Waals surface area (Å²) in [7, 11) is 1.54. The van der Waals surface area contributed by atoms with Crippen LogP contribution in [-0.2, 0) is 0 Å². The minimum Gasteiger partial charge on any atom is -0.488 e. The molecule has 1 heterocycles. The second-order valence-corrected chi connectivity index (χ2v) is 3.57. The van der Waals surface area contributed by atoms with Crippen molar-refractivity contribution >= 4 is 5.91 Å². The van der Waals surface area contributed by atoms with Gasteiger partial charge in [0.05, 0.1) is 17.9 Å². The molecule has 0 radical (unpaired) electrons. The predicted octanol–water partition coefficient (Wildman–Crippen LogP) is 0.854. The highest BCUT2D eigenvalue weighted by atomic mass is 16.5. The molecule has 0 atom stereocenters. The number of nitrogens with zero attached hydrogens (tertiary/aromatic N) is 2. The van der Waals surface area contributed by atoms with Gasteiger partial charge in [0, 0.05) is 7.05 Å². The predicted molar refractivity (Wildman–Crippen MR) is 56.0 cm³/mol. The van der Waals surface area contributed by atoms with E-state index in [0.717, 1.165) is 12.8 Å². The molecule has 5 heteroatoms. The Morgan fingerprint density at radius 2 is 2.44 bits per heavy atom. The highest BCUT2D eigenvalue weighted by molar-refractivity contribution is 5.96. The number of ether oxygens (including phenoxy) is 1. The van der Waals surface area contributed by atoms with Crippen LogP contribution in [0.3, 0.4) is 0 Å². The maximum atomic E-state index is 11.6. The van der Waals surface area contributed by atoms with Gasteiger partial charge in [0.25, 0.3) is 5.91 Å². The Bertz CT molecular complexity index is 461. The lowest BCUT2D eigenvalue weighted by molar-refractivity contribution is 0.0958. The van der Waals surface area contributed by atoms with Crippen LogP contribution in [0.2, 0.25) is 0 Å². The van der Waals surface area contributed by atoms with E-state index in [-0.39, 0.29) is 17.7 Å². The molecule has 0 aromatic carbocycles. The van der Waals surface area contributed by atoms with E-state index in [1.54, 1.807) is 0 Å². The van der Waals surface area contributed by atoms with Gasteiger partial charge in [0.1, 0.15) is 11.8 Å². The number of nitriles is 1. The first-order chi connectivity index (χ1) is 7.74. The summed E-state index contributed by atoms with van der Waals surface area (Å²) in [5.41, 5.74) is 0.572. The third kappa shape index (κ3) is 2.11. The fourth-order valence-electron chi connectivity index (χ4n) is 1.28. The Balaban J connectivity index is 2.34. The molecule has 0 spiro atoms. The molecule has 1 aliphatic carbocycles. The van der Waals surface area contributed by atoms with E-state index in [1.165, 1.54) is 19.3 Å². The standard InChI is InChI=1S/C11H11N3O2/c1-13-11(15)9-4-7(5-12)14-6-10(9)16-8-2-3-8/h4,6,8H,2-3H2,1H3,(H,13,15). The van der Waals surface area contributed by atoms with Gasteiger partial charge in [-0.05, 0) is 18.9 Å². The lowest BCUT2D eigenvalue weighted by Gasteiger charge is -2.09. The molecule has 0 bridgehead atoms. The lowest BCUT2D eigenvalue weighted by Crippen LogP contribution is -2.19. The Labute approximate surface area is 93.1 Å². The van der Waals surface area contributed by atoms with Gasteiger partial charge in [0.2, 0.25) is 0 Å². The lowest BCUT2D eigenvalue weighted by atomic mass is 10.2. The third-order valence-electron chi connectivity index (χ3n) is 2.27. The Morgan fingerprint density at radius 1 is 1.69 bits per heavy atom. The zero-order valence-electron chi connectivity index (χ0n) is 8.86. The van der Waals surface area contributed by atoms with Crippen LogP contribution in [0, 0.1) is 11.3 Å². The van der Waals surface area contributed by atoms with Crippen molar-refractivity contribution in [2.75, 3.05) is 7.05 Å². The van der Waals surface area contributed by atoms with Crippen molar-refractivity contribution in [3.05, 3.63) is 23.5 Å². The van der Waals surface area contributed by atoms with Gasteiger partial charge >= 0.3 is 0 Å². The molecule has 1 aromatic rings. The third-order valence-corrected chi connectivity index (χ3v) is 2.27. The van der Waals surface area contributed by atoms with Gasteiger partial charge in [-0.25, -0.2) is 4.98 Å². The molecule has 1 aliphatic rings. The maximum Gasteiger partial charge on any atom is 0.254 e. The average molecular weight is 217 g/mol. The summed E-state index contributed by atoms with van der Waals surface area (Å²) in [6.07, 6.45) is 3.64. The van der Waals surface area contributed by atoms with Crippen LogP contribution in [0.1, 0.15) is 28.9 Å². The van der Waals surface area contributed by atoms with E-state index in [9.17, 15) is 4.79 Å². The summed E-state index contributed by atoms with van der Waals surface area (Å²) >= 11 is 0. The molecule has 1 fully saturated rings. The fourth-order valence-corrected chi connectivity index (χ4v) is 1.28. The molecular formula is C11H11N3O2.